The summed E-state index contributed by atoms with van der Waals surface area (Å²) in [7, 11) is 0. The summed E-state index contributed by atoms with van der Waals surface area (Å²) in [4.78, 5) is 8.71. The van der Waals surface area contributed by atoms with Gasteiger partial charge in [0.1, 0.15) is 16.9 Å². The van der Waals surface area contributed by atoms with Gasteiger partial charge in [-0.15, -0.1) is 12.4 Å². The van der Waals surface area contributed by atoms with Crippen LogP contribution in [0.4, 0.5) is 0 Å². The summed E-state index contributed by atoms with van der Waals surface area (Å²) < 4.78 is 5.71. The van der Waals surface area contributed by atoms with E-state index < -0.39 is 0 Å². The molecule has 0 unspecified atom stereocenters. The molecular weight excluding hydrogens is 224 g/mol. The molecule has 0 atom stereocenters. The zero-order valence-electron chi connectivity index (χ0n) is 9.02. The predicted octanol–water partition coefficient (Wildman–Crippen LogP) is 3.41. The molecule has 2 aromatic heterocycles. The van der Waals surface area contributed by atoms with Crippen LogP contribution in [0.5, 0.6) is 0 Å². The summed E-state index contributed by atoms with van der Waals surface area (Å²) >= 11 is 0. The van der Waals surface area contributed by atoms with Gasteiger partial charge in [-0.1, -0.05) is 12.1 Å². The van der Waals surface area contributed by atoms with E-state index in [1.807, 2.05) is 38.1 Å². The lowest BCUT2D eigenvalue weighted by Crippen LogP contribution is -1.90. The van der Waals surface area contributed by atoms with Crippen molar-refractivity contribution in [3.8, 4) is 0 Å². The van der Waals surface area contributed by atoms with Crippen LogP contribution in [-0.4, -0.2) is 9.97 Å². The van der Waals surface area contributed by atoms with E-state index in [9.17, 15) is 0 Å². The average molecular weight is 235 g/mol. The first kappa shape index (κ1) is 10.9. The van der Waals surface area contributed by atoms with Gasteiger partial charge >= 0.3 is 0 Å². The molecule has 0 fully saturated rings. The number of furan rings is 1. The first-order valence-electron chi connectivity index (χ1n) is 4.88. The van der Waals surface area contributed by atoms with Gasteiger partial charge in [0, 0.05) is 5.39 Å². The van der Waals surface area contributed by atoms with Gasteiger partial charge in [0.15, 0.2) is 5.58 Å². The summed E-state index contributed by atoms with van der Waals surface area (Å²) in [5.74, 6) is 0.784. The Morgan fingerprint density at radius 1 is 1.06 bits per heavy atom. The van der Waals surface area contributed by atoms with Crippen LogP contribution < -0.4 is 0 Å². The minimum absolute atomic E-state index is 0. The third-order valence-electron chi connectivity index (χ3n) is 2.50. The maximum atomic E-state index is 5.71. The van der Waals surface area contributed by atoms with Crippen LogP contribution in [-0.2, 0) is 0 Å². The molecule has 0 aliphatic rings. The Bertz CT molecular complexity index is 660. The summed E-state index contributed by atoms with van der Waals surface area (Å²) in [5, 5.41) is 1.06. The van der Waals surface area contributed by atoms with E-state index in [1.54, 1.807) is 0 Å². The lowest BCUT2D eigenvalue weighted by molar-refractivity contribution is 0.660. The number of halogens is 1. The standard InChI is InChI=1S/C12H10N2O.ClH/c1-7-12-11(14-8(2)13-7)9-5-3-4-6-10(9)15-12;/h3-6H,1-2H3;1H. The molecule has 16 heavy (non-hydrogen) atoms. The predicted molar refractivity (Wildman–Crippen MR) is 66.0 cm³/mol. The highest BCUT2D eigenvalue weighted by Gasteiger charge is 2.10. The topological polar surface area (TPSA) is 38.9 Å². The Morgan fingerprint density at radius 2 is 1.81 bits per heavy atom. The summed E-state index contributed by atoms with van der Waals surface area (Å²) in [6.45, 7) is 3.84. The fourth-order valence-electron chi connectivity index (χ4n) is 1.87. The number of nitrogens with zero attached hydrogens (tertiary/aromatic N) is 2. The molecule has 0 saturated heterocycles. The van der Waals surface area contributed by atoms with Crippen molar-refractivity contribution in [1.29, 1.82) is 0 Å². The van der Waals surface area contributed by atoms with Gasteiger partial charge < -0.3 is 4.42 Å². The zero-order chi connectivity index (χ0) is 10.4. The van der Waals surface area contributed by atoms with Crippen LogP contribution >= 0.6 is 12.4 Å². The molecule has 0 amide bonds. The number of fused-ring (bicyclic) bond motifs is 3. The van der Waals surface area contributed by atoms with Crippen molar-refractivity contribution in [2.75, 3.05) is 0 Å². The molecule has 82 valence electrons. The smallest absolute Gasteiger partial charge is 0.175 e. The molecule has 0 spiro atoms. The monoisotopic (exact) mass is 234 g/mol. The van der Waals surface area contributed by atoms with Crippen LogP contribution in [0.2, 0.25) is 0 Å². The molecule has 3 aromatic rings. The SMILES string of the molecule is Cc1nc(C)c2oc3ccccc3c2n1.Cl. The maximum absolute atomic E-state index is 5.71. The number of aryl methyl sites for hydroxylation is 2. The van der Waals surface area contributed by atoms with Crippen molar-refractivity contribution in [2.45, 2.75) is 13.8 Å². The van der Waals surface area contributed by atoms with E-state index in [4.69, 9.17) is 4.42 Å². The normalized spacial score (nSPS) is 10.6. The third-order valence-corrected chi connectivity index (χ3v) is 2.50. The fourth-order valence-corrected chi connectivity index (χ4v) is 1.87. The first-order valence-corrected chi connectivity index (χ1v) is 4.88. The highest BCUT2D eigenvalue weighted by molar-refractivity contribution is 6.02. The Labute approximate surface area is 98.9 Å². The van der Waals surface area contributed by atoms with Crippen molar-refractivity contribution >= 4 is 34.5 Å². The van der Waals surface area contributed by atoms with Gasteiger partial charge in [-0.05, 0) is 26.0 Å². The molecule has 0 radical (unpaired) electrons. The van der Waals surface area contributed by atoms with Crippen LogP contribution in [0.3, 0.4) is 0 Å². The largest absolute Gasteiger partial charge is 0.452 e. The van der Waals surface area contributed by atoms with E-state index in [0.717, 1.165) is 33.6 Å². The highest BCUT2D eigenvalue weighted by Crippen LogP contribution is 2.28. The van der Waals surface area contributed by atoms with Crippen molar-refractivity contribution in [3.05, 3.63) is 35.8 Å². The summed E-state index contributed by atoms with van der Waals surface area (Å²) in [6, 6.07) is 7.92. The van der Waals surface area contributed by atoms with Crippen molar-refractivity contribution < 1.29 is 4.42 Å². The van der Waals surface area contributed by atoms with Crippen LogP contribution in [0.1, 0.15) is 11.5 Å². The van der Waals surface area contributed by atoms with E-state index in [-0.39, 0.29) is 12.4 Å². The molecule has 0 aliphatic heterocycles. The van der Waals surface area contributed by atoms with Crippen molar-refractivity contribution in [3.63, 3.8) is 0 Å². The molecule has 4 heteroatoms. The van der Waals surface area contributed by atoms with Gasteiger partial charge in [0.05, 0.1) is 5.69 Å². The Balaban J connectivity index is 0.000000963. The number of rotatable bonds is 0. The van der Waals surface area contributed by atoms with Gasteiger partial charge in [-0.2, -0.15) is 0 Å². The molecule has 0 N–H and O–H groups in total. The molecule has 0 bridgehead atoms. The molecule has 1 aromatic carbocycles. The number of benzene rings is 1. The maximum Gasteiger partial charge on any atom is 0.175 e. The second-order valence-corrected chi connectivity index (χ2v) is 3.63. The quantitative estimate of drug-likeness (QED) is 0.598. The number of aromatic nitrogens is 2. The van der Waals surface area contributed by atoms with Crippen LogP contribution in [0.25, 0.3) is 22.1 Å². The molecular formula is C12H11ClN2O. The number of hydrogen-bond donors (Lipinski definition) is 0. The minimum atomic E-state index is 0. The first-order chi connectivity index (χ1) is 7.25. The molecule has 0 aliphatic carbocycles. The minimum Gasteiger partial charge on any atom is -0.452 e. The lowest BCUT2D eigenvalue weighted by Gasteiger charge is -1.95. The Morgan fingerprint density at radius 3 is 2.62 bits per heavy atom. The van der Waals surface area contributed by atoms with Gasteiger partial charge in [0.25, 0.3) is 0 Å². The van der Waals surface area contributed by atoms with Crippen molar-refractivity contribution in [2.24, 2.45) is 0 Å². The molecule has 0 saturated carbocycles. The van der Waals surface area contributed by atoms with E-state index in [0.29, 0.717) is 0 Å². The molecule has 3 nitrogen and oxygen atoms in total. The van der Waals surface area contributed by atoms with Crippen LogP contribution in [0.15, 0.2) is 28.7 Å². The van der Waals surface area contributed by atoms with Crippen LogP contribution in [0, 0.1) is 13.8 Å². The average Bonchev–Trinajstić information content (AvgIpc) is 2.57. The zero-order valence-corrected chi connectivity index (χ0v) is 9.84. The van der Waals surface area contributed by atoms with E-state index in [2.05, 4.69) is 9.97 Å². The van der Waals surface area contributed by atoms with Gasteiger partial charge in [0.2, 0.25) is 0 Å². The third kappa shape index (κ3) is 1.44. The lowest BCUT2D eigenvalue weighted by atomic mass is 10.2. The molecule has 2 heterocycles. The van der Waals surface area contributed by atoms with Gasteiger partial charge in [-0.25, -0.2) is 9.97 Å². The van der Waals surface area contributed by atoms with E-state index >= 15 is 0 Å². The van der Waals surface area contributed by atoms with E-state index in [1.165, 1.54) is 0 Å². The Hall–Kier alpha value is -1.61. The number of para-hydroxylation sites is 1. The second kappa shape index (κ2) is 3.76. The second-order valence-electron chi connectivity index (χ2n) is 3.63. The molecule has 3 rings (SSSR count). The van der Waals surface area contributed by atoms with Crippen molar-refractivity contribution in [1.82, 2.24) is 9.97 Å². The Kier molecular flexibility index (Phi) is 2.56. The number of hydrogen-bond acceptors (Lipinski definition) is 3. The summed E-state index contributed by atoms with van der Waals surface area (Å²) in [5.41, 5.74) is 3.47. The van der Waals surface area contributed by atoms with Gasteiger partial charge in [-0.3, -0.25) is 0 Å². The summed E-state index contributed by atoms with van der Waals surface area (Å²) in [6.07, 6.45) is 0. The highest BCUT2D eigenvalue weighted by atomic mass is 35.5. The fraction of sp³-hybridized carbons (Fsp3) is 0.167.